The molecule has 0 saturated heterocycles. The van der Waals surface area contributed by atoms with Gasteiger partial charge in [-0.3, -0.25) is 9.59 Å². The summed E-state index contributed by atoms with van der Waals surface area (Å²) >= 11 is 0. The molecule has 1 aromatic rings. The number of hydrogen-bond acceptors (Lipinski definition) is 2. The van der Waals surface area contributed by atoms with Gasteiger partial charge in [-0.1, -0.05) is 0 Å². The lowest BCUT2D eigenvalue weighted by molar-refractivity contribution is 1.37. The predicted octanol–water partition coefficient (Wildman–Crippen LogP) is -0.265. The van der Waals surface area contributed by atoms with Gasteiger partial charge in [-0.05, 0) is 0 Å². The molecule has 1 aromatic heterocycles. The lowest BCUT2D eigenvalue weighted by atomic mass is 10.5. The monoisotopic (exact) mass is 123 g/mol. The third-order valence-corrected chi connectivity index (χ3v) is 0.905. The summed E-state index contributed by atoms with van der Waals surface area (Å²) in [5.41, 5.74) is -0.979. The highest BCUT2D eigenvalue weighted by Crippen LogP contribution is 1.60. The lowest BCUT2D eigenvalue weighted by Crippen LogP contribution is -2.17. The molecule has 0 bridgehead atoms. The van der Waals surface area contributed by atoms with Crippen molar-refractivity contribution < 1.29 is 0 Å². The second kappa shape index (κ2) is 2.26. The first-order chi connectivity index (χ1) is 4.30. The molecule has 1 heterocycles. The number of aromatic amines is 1. The summed E-state index contributed by atoms with van der Waals surface area (Å²) in [5, 5.41) is 0. The Balaban J connectivity index is 3.62. The van der Waals surface area contributed by atoms with Crippen LogP contribution >= 0.6 is 0 Å². The molecule has 0 aliphatic rings. The topological polar surface area (TPSA) is 49.9 Å². The van der Waals surface area contributed by atoms with E-state index in [0.717, 1.165) is 0 Å². The summed E-state index contributed by atoms with van der Waals surface area (Å²) in [4.78, 5) is 23.6. The summed E-state index contributed by atoms with van der Waals surface area (Å²) in [7, 11) is 0. The molecule has 1 N–H and O–H groups in total. The summed E-state index contributed by atoms with van der Waals surface area (Å²) in [6, 6.07) is 2.39. The fraction of sp³-hybridized carbons (Fsp3) is 0. The van der Waals surface area contributed by atoms with Crippen molar-refractivity contribution in [2.24, 2.45) is 0 Å². The van der Waals surface area contributed by atoms with Gasteiger partial charge in [0.25, 0.3) is 0 Å². The van der Waals surface area contributed by atoms with E-state index in [9.17, 15) is 9.59 Å². The zero-order valence-electron chi connectivity index (χ0n) is 4.63. The maximum atomic E-state index is 10.5. The Kier molecular flexibility index (Phi) is 1.44. The Morgan fingerprint density at radius 1 is 1.00 bits per heavy atom. The second-order valence-corrected chi connectivity index (χ2v) is 1.56. The average molecular weight is 123 g/mol. The molecule has 0 spiro atoms. The minimum Gasteiger partial charge on any atom is -0.367 e. The highest BCUT2D eigenvalue weighted by atomic mass is 16.2. The average Bonchev–Trinajstić information content (AvgIpc) is 1.99. The molecule has 0 unspecified atom stereocenters. The Labute approximate surface area is 51.0 Å². The first-order valence-corrected chi connectivity index (χ1v) is 2.48. The van der Waals surface area contributed by atoms with Crippen LogP contribution in [0.3, 0.4) is 0 Å². The van der Waals surface area contributed by atoms with Crippen LogP contribution in [0.25, 0.3) is 0 Å². The van der Waals surface area contributed by atoms with Crippen molar-refractivity contribution >= 4 is 0 Å². The highest BCUT2D eigenvalue weighted by molar-refractivity contribution is 4.93. The Morgan fingerprint density at radius 3 is 1.89 bits per heavy atom. The van der Waals surface area contributed by atoms with Crippen molar-refractivity contribution in [3.63, 3.8) is 0 Å². The Bertz CT molecular complexity index is 272. The van der Waals surface area contributed by atoms with Crippen LogP contribution in [0, 0.1) is 0 Å². The van der Waals surface area contributed by atoms with E-state index in [0.29, 0.717) is 0 Å². The number of hydrogen-bond donors (Lipinski definition) is 1. The van der Waals surface area contributed by atoms with E-state index in [1.807, 2.05) is 0 Å². The smallest absolute Gasteiger partial charge is 0.227 e. The number of nitrogens with one attached hydrogen (secondary N) is 1. The van der Waals surface area contributed by atoms with E-state index < -0.39 is 10.9 Å². The zero-order chi connectivity index (χ0) is 6.69. The fourth-order valence-corrected chi connectivity index (χ4v) is 0.467. The first kappa shape index (κ1) is 5.75. The maximum Gasteiger partial charge on any atom is 0.227 e. The number of H-pyrrole nitrogens is 1. The van der Waals surface area contributed by atoms with E-state index >= 15 is 0 Å². The van der Waals surface area contributed by atoms with Gasteiger partial charge >= 0.3 is 0 Å². The molecule has 0 radical (unpaired) electrons. The van der Waals surface area contributed by atoms with Crippen LogP contribution in [-0.2, 0) is 0 Å². The normalized spacial score (nSPS) is 8.89. The molecule has 0 fully saturated rings. The minimum absolute atomic E-state index is 0.490. The van der Waals surface area contributed by atoms with Gasteiger partial charge in [0.15, 0.2) is 0 Å². The van der Waals surface area contributed by atoms with Gasteiger partial charge in [-0.25, -0.2) is 0 Å². The largest absolute Gasteiger partial charge is 0.367 e. The SMILES string of the molecule is O=c1cc[nH]ccc1=O. The van der Waals surface area contributed by atoms with Gasteiger partial charge in [-0.15, -0.1) is 0 Å². The fourth-order valence-electron chi connectivity index (χ4n) is 0.467. The van der Waals surface area contributed by atoms with Crippen molar-refractivity contribution in [2.45, 2.75) is 0 Å². The van der Waals surface area contributed by atoms with Crippen LogP contribution in [0.4, 0.5) is 0 Å². The summed E-state index contributed by atoms with van der Waals surface area (Å²) in [6.07, 6.45) is 2.84. The molecule has 0 atom stereocenters. The van der Waals surface area contributed by atoms with Crippen molar-refractivity contribution in [2.75, 3.05) is 0 Å². The van der Waals surface area contributed by atoms with Crippen LogP contribution < -0.4 is 10.9 Å². The molecule has 1 rings (SSSR count). The molecule has 3 nitrogen and oxygen atoms in total. The summed E-state index contributed by atoms with van der Waals surface area (Å²) in [6.45, 7) is 0. The first-order valence-electron chi connectivity index (χ1n) is 2.48. The van der Waals surface area contributed by atoms with Crippen molar-refractivity contribution in [3.8, 4) is 0 Å². The van der Waals surface area contributed by atoms with Crippen LogP contribution in [0.5, 0.6) is 0 Å². The van der Waals surface area contributed by atoms with Crippen molar-refractivity contribution in [3.05, 3.63) is 45.0 Å². The summed E-state index contributed by atoms with van der Waals surface area (Å²) < 4.78 is 0. The van der Waals surface area contributed by atoms with Crippen LogP contribution in [0.2, 0.25) is 0 Å². The highest BCUT2D eigenvalue weighted by Gasteiger charge is 1.82. The maximum absolute atomic E-state index is 10.5. The number of rotatable bonds is 0. The van der Waals surface area contributed by atoms with Crippen LogP contribution in [0.1, 0.15) is 0 Å². The van der Waals surface area contributed by atoms with E-state index in [1.54, 1.807) is 0 Å². The summed E-state index contributed by atoms with van der Waals surface area (Å²) in [5.74, 6) is 0. The van der Waals surface area contributed by atoms with Gasteiger partial charge in [0.2, 0.25) is 10.9 Å². The van der Waals surface area contributed by atoms with Crippen LogP contribution in [-0.4, -0.2) is 4.98 Å². The predicted molar refractivity (Wildman–Crippen MR) is 33.3 cm³/mol. The van der Waals surface area contributed by atoms with Gasteiger partial charge < -0.3 is 4.98 Å². The van der Waals surface area contributed by atoms with E-state index in [1.165, 1.54) is 24.5 Å². The molecular weight excluding hydrogens is 118 g/mol. The molecule has 0 amide bonds. The van der Waals surface area contributed by atoms with Crippen molar-refractivity contribution in [1.82, 2.24) is 4.98 Å². The third-order valence-electron chi connectivity index (χ3n) is 0.905. The quantitative estimate of drug-likeness (QED) is 0.483. The van der Waals surface area contributed by atoms with Gasteiger partial charge in [0, 0.05) is 24.5 Å². The van der Waals surface area contributed by atoms with Crippen molar-refractivity contribution in [1.29, 1.82) is 0 Å². The van der Waals surface area contributed by atoms with Gasteiger partial charge in [-0.2, -0.15) is 0 Å². The standard InChI is InChI=1S/C6H5NO2/c8-5-1-3-7-4-2-6(5)9/h1-4,7H. The van der Waals surface area contributed by atoms with E-state index in [-0.39, 0.29) is 0 Å². The molecule has 46 valence electrons. The molecule has 0 aromatic carbocycles. The van der Waals surface area contributed by atoms with Crippen LogP contribution in [0.15, 0.2) is 34.1 Å². The van der Waals surface area contributed by atoms with E-state index in [4.69, 9.17) is 0 Å². The number of aromatic nitrogens is 1. The lowest BCUT2D eigenvalue weighted by Gasteiger charge is -1.59. The Hall–Kier alpha value is -1.38. The molecule has 0 aliphatic heterocycles. The second-order valence-electron chi connectivity index (χ2n) is 1.56. The Morgan fingerprint density at radius 2 is 1.44 bits per heavy atom. The zero-order valence-corrected chi connectivity index (χ0v) is 4.63. The molecule has 0 saturated carbocycles. The minimum atomic E-state index is -0.490. The van der Waals surface area contributed by atoms with Gasteiger partial charge in [0.1, 0.15) is 0 Å². The molecule has 0 aliphatic carbocycles. The molecule has 9 heavy (non-hydrogen) atoms. The molecule has 3 heteroatoms. The van der Waals surface area contributed by atoms with E-state index in [2.05, 4.69) is 4.98 Å². The molecular formula is C6H5NO2. The van der Waals surface area contributed by atoms with Gasteiger partial charge in [0.05, 0.1) is 0 Å². The third kappa shape index (κ3) is 1.25.